The second kappa shape index (κ2) is 8.39. The second-order valence-electron chi connectivity index (χ2n) is 3.44. The molecule has 0 rings (SSSR count). The predicted molar refractivity (Wildman–Crippen MR) is 57.4 cm³/mol. The Balaban J connectivity index is 0. The van der Waals surface area contributed by atoms with Gasteiger partial charge in [0.05, 0.1) is 25.4 Å². The standard InChI is InChI=1S/C6H17N3O3.C2H4O2/c7-4(1-10)5(8)6(9,2-11)3-12;1-2(3)4/h4-5,10-12H,1-3,7-9H2;1H3,(H,3,4). The average Bonchev–Trinajstić information content (AvgIpc) is 2.25. The van der Waals surface area contributed by atoms with Crippen LogP contribution in [0, 0.1) is 0 Å². The Morgan fingerprint density at radius 3 is 1.75 bits per heavy atom. The fourth-order valence-corrected chi connectivity index (χ4v) is 0.801. The summed E-state index contributed by atoms with van der Waals surface area (Å²) in [6.07, 6.45) is 0. The van der Waals surface area contributed by atoms with Gasteiger partial charge >= 0.3 is 0 Å². The molecule has 98 valence electrons. The maximum absolute atomic E-state index is 9.00. The van der Waals surface area contributed by atoms with E-state index in [1.165, 1.54) is 0 Å². The van der Waals surface area contributed by atoms with Gasteiger partial charge in [-0.05, 0) is 0 Å². The van der Waals surface area contributed by atoms with Crippen molar-refractivity contribution in [1.82, 2.24) is 0 Å². The molecule has 8 nitrogen and oxygen atoms in total. The molecule has 0 aliphatic rings. The molecule has 0 aromatic rings. The van der Waals surface area contributed by atoms with Crippen molar-refractivity contribution in [3.05, 3.63) is 0 Å². The number of aliphatic hydroxyl groups excluding tert-OH is 3. The number of rotatable bonds is 5. The van der Waals surface area contributed by atoms with Crippen LogP contribution in [-0.2, 0) is 4.79 Å². The average molecular weight is 239 g/mol. The van der Waals surface area contributed by atoms with E-state index in [2.05, 4.69) is 0 Å². The van der Waals surface area contributed by atoms with Crippen molar-refractivity contribution in [3.63, 3.8) is 0 Å². The first-order valence-electron chi connectivity index (χ1n) is 4.57. The third kappa shape index (κ3) is 6.67. The Bertz CT molecular complexity index is 194. The van der Waals surface area contributed by atoms with Crippen molar-refractivity contribution in [2.45, 2.75) is 24.5 Å². The van der Waals surface area contributed by atoms with Gasteiger partial charge in [-0.3, -0.25) is 4.79 Å². The number of carboxylic acid groups (broad SMARTS) is 1. The largest absolute Gasteiger partial charge is 0.481 e. The highest BCUT2D eigenvalue weighted by Gasteiger charge is 2.34. The van der Waals surface area contributed by atoms with Gasteiger partial charge in [0.15, 0.2) is 0 Å². The summed E-state index contributed by atoms with van der Waals surface area (Å²) in [4.78, 5) is 9.00. The van der Waals surface area contributed by atoms with Gasteiger partial charge in [0.25, 0.3) is 5.97 Å². The van der Waals surface area contributed by atoms with Crippen LogP contribution < -0.4 is 17.2 Å². The fraction of sp³-hybridized carbons (Fsp3) is 0.875. The molecule has 16 heavy (non-hydrogen) atoms. The number of hydrogen-bond donors (Lipinski definition) is 7. The molecular weight excluding hydrogens is 218 g/mol. The molecule has 0 aromatic carbocycles. The third-order valence-electron chi connectivity index (χ3n) is 1.92. The summed E-state index contributed by atoms with van der Waals surface area (Å²) < 4.78 is 0. The van der Waals surface area contributed by atoms with Crippen molar-refractivity contribution < 1.29 is 25.2 Å². The Morgan fingerprint density at radius 2 is 1.56 bits per heavy atom. The molecule has 0 saturated carbocycles. The second-order valence-corrected chi connectivity index (χ2v) is 3.44. The number of carbonyl (C=O) groups is 1. The molecule has 8 heteroatoms. The monoisotopic (exact) mass is 239 g/mol. The van der Waals surface area contributed by atoms with Gasteiger partial charge < -0.3 is 37.6 Å². The van der Waals surface area contributed by atoms with Crippen LogP contribution in [0.25, 0.3) is 0 Å². The zero-order valence-corrected chi connectivity index (χ0v) is 9.21. The summed E-state index contributed by atoms with van der Waals surface area (Å²) in [5, 5.41) is 33.6. The van der Waals surface area contributed by atoms with E-state index in [9.17, 15) is 0 Å². The van der Waals surface area contributed by atoms with Crippen molar-refractivity contribution in [3.8, 4) is 0 Å². The van der Waals surface area contributed by atoms with Gasteiger partial charge in [-0.15, -0.1) is 0 Å². The van der Waals surface area contributed by atoms with E-state index in [4.69, 9.17) is 42.4 Å². The van der Waals surface area contributed by atoms with Gasteiger partial charge in [0, 0.05) is 19.0 Å². The van der Waals surface area contributed by atoms with Crippen LogP contribution >= 0.6 is 0 Å². The van der Waals surface area contributed by atoms with Gasteiger partial charge in [0.1, 0.15) is 0 Å². The third-order valence-corrected chi connectivity index (χ3v) is 1.92. The lowest BCUT2D eigenvalue weighted by Gasteiger charge is -2.34. The predicted octanol–water partition coefficient (Wildman–Crippen LogP) is -3.59. The molecule has 0 aliphatic heterocycles. The van der Waals surface area contributed by atoms with Gasteiger partial charge in [-0.25, -0.2) is 0 Å². The molecule has 0 saturated heterocycles. The van der Waals surface area contributed by atoms with Gasteiger partial charge in [0.2, 0.25) is 0 Å². The van der Waals surface area contributed by atoms with E-state index >= 15 is 0 Å². The normalized spacial score (nSPS) is 14.7. The van der Waals surface area contributed by atoms with Crippen LogP contribution in [0.4, 0.5) is 0 Å². The molecule has 0 spiro atoms. The molecule has 0 amide bonds. The van der Waals surface area contributed by atoms with Crippen molar-refractivity contribution >= 4 is 5.97 Å². The molecule has 0 aliphatic carbocycles. The molecule has 0 heterocycles. The van der Waals surface area contributed by atoms with E-state index in [-0.39, 0.29) is 6.61 Å². The number of hydrogen-bond acceptors (Lipinski definition) is 7. The Kier molecular flexibility index (Phi) is 9.24. The minimum atomic E-state index is -1.33. The zero-order valence-electron chi connectivity index (χ0n) is 9.21. The molecule has 2 unspecified atom stereocenters. The van der Waals surface area contributed by atoms with Crippen LogP contribution in [0.1, 0.15) is 6.92 Å². The van der Waals surface area contributed by atoms with Crippen LogP contribution in [0.15, 0.2) is 0 Å². The van der Waals surface area contributed by atoms with Crippen LogP contribution in [-0.4, -0.2) is 63.8 Å². The highest BCUT2D eigenvalue weighted by Crippen LogP contribution is 2.05. The Morgan fingerprint density at radius 1 is 1.25 bits per heavy atom. The highest BCUT2D eigenvalue weighted by molar-refractivity contribution is 5.62. The summed E-state index contributed by atoms with van der Waals surface area (Å²) in [6, 6.07) is -1.58. The summed E-state index contributed by atoms with van der Waals surface area (Å²) in [5.41, 5.74) is 15.0. The van der Waals surface area contributed by atoms with Crippen LogP contribution in [0.2, 0.25) is 0 Å². The molecule has 2 atom stereocenters. The maximum Gasteiger partial charge on any atom is 0.300 e. The Hall–Kier alpha value is -0.770. The lowest BCUT2D eigenvalue weighted by atomic mass is 9.89. The minimum Gasteiger partial charge on any atom is -0.481 e. The maximum atomic E-state index is 9.00. The first kappa shape index (κ1) is 17.6. The highest BCUT2D eigenvalue weighted by atomic mass is 16.4. The minimum absolute atomic E-state index is 0.333. The first-order chi connectivity index (χ1) is 7.25. The van der Waals surface area contributed by atoms with E-state index in [1.54, 1.807) is 0 Å². The Labute approximate surface area is 93.7 Å². The lowest BCUT2D eigenvalue weighted by molar-refractivity contribution is -0.134. The molecule has 0 radical (unpaired) electrons. The molecule has 10 N–H and O–H groups in total. The molecular formula is C8H21N3O5. The van der Waals surface area contributed by atoms with Crippen LogP contribution in [0.3, 0.4) is 0 Å². The van der Waals surface area contributed by atoms with E-state index < -0.39 is 36.8 Å². The summed E-state index contributed by atoms with van der Waals surface area (Å²) >= 11 is 0. The lowest BCUT2D eigenvalue weighted by Crippen LogP contribution is -2.67. The summed E-state index contributed by atoms with van der Waals surface area (Å²) in [6.45, 7) is -0.198. The topological polar surface area (TPSA) is 176 Å². The van der Waals surface area contributed by atoms with Gasteiger partial charge in [-0.2, -0.15) is 0 Å². The molecule has 0 bridgehead atoms. The summed E-state index contributed by atoms with van der Waals surface area (Å²) in [5.74, 6) is -0.833. The number of aliphatic hydroxyl groups is 3. The first-order valence-corrected chi connectivity index (χ1v) is 4.57. The zero-order chi connectivity index (χ0) is 13.4. The molecule has 0 fully saturated rings. The molecule has 0 aromatic heterocycles. The fourth-order valence-electron chi connectivity index (χ4n) is 0.801. The van der Waals surface area contributed by atoms with E-state index in [0.29, 0.717) is 0 Å². The van der Waals surface area contributed by atoms with E-state index in [1.807, 2.05) is 0 Å². The van der Waals surface area contributed by atoms with Gasteiger partial charge in [-0.1, -0.05) is 0 Å². The van der Waals surface area contributed by atoms with Crippen LogP contribution in [0.5, 0.6) is 0 Å². The SMILES string of the molecule is CC(=O)O.NC(CO)C(N)C(N)(CO)CO. The van der Waals surface area contributed by atoms with Crippen molar-refractivity contribution in [2.24, 2.45) is 17.2 Å². The van der Waals surface area contributed by atoms with E-state index in [0.717, 1.165) is 6.92 Å². The number of nitrogens with two attached hydrogens (primary N) is 3. The number of aliphatic carboxylic acids is 1. The smallest absolute Gasteiger partial charge is 0.300 e. The van der Waals surface area contributed by atoms with Crippen molar-refractivity contribution in [2.75, 3.05) is 19.8 Å². The van der Waals surface area contributed by atoms with Crippen molar-refractivity contribution in [1.29, 1.82) is 0 Å². The quantitative estimate of drug-likeness (QED) is 0.257. The summed E-state index contributed by atoms with van der Waals surface area (Å²) in [7, 11) is 0. The number of carboxylic acids is 1.